The van der Waals surface area contributed by atoms with E-state index in [1.807, 2.05) is 24.3 Å². The Morgan fingerprint density at radius 3 is 2.53 bits per heavy atom. The Balaban J connectivity index is 2.21. The molecular weight excluding hydrogens is 328 g/mol. The molecule has 19 heavy (non-hydrogen) atoms. The van der Waals surface area contributed by atoms with E-state index >= 15 is 0 Å². The van der Waals surface area contributed by atoms with E-state index in [4.69, 9.17) is 11.6 Å². The second-order valence-corrected chi connectivity index (χ2v) is 5.21. The Hall–Kier alpha value is -1.58. The van der Waals surface area contributed by atoms with E-state index in [1.165, 1.54) is 18.2 Å². The summed E-state index contributed by atoms with van der Waals surface area (Å²) in [7, 11) is 0. The first kappa shape index (κ1) is 13.8. The van der Waals surface area contributed by atoms with E-state index in [9.17, 15) is 9.90 Å². The molecule has 0 atom stereocenters. The highest BCUT2D eigenvalue weighted by Gasteiger charge is 2.10. The minimum Gasteiger partial charge on any atom is -0.506 e. The van der Waals surface area contributed by atoms with Gasteiger partial charge >= 0.3 is 0 Å². The second kappa shape index (κ2) is 6.04. The second-order valence-electron chi connectivity index (χ2n) is 3.89. The van der Waals surface area contributed by atoms with Crippen molar-refractivity contribution in [2.75, 3.05) is 0 Å². The van der Waals surface area contributed by atoms with Crippen molar-refractivity contribution in [1.82, 2.24) is 0 Å². The lowest BCUT2D eigenvalue weighted by molar-refractivity contribution is 0.104. The summed E-state index contributed by atoms with van der Waals surface area (Å²) < 4.78 is 0.975. The molecule has 0 saturated heterocycles. The summed E-state index contributed by atoms with van der Waals surface area (Å²) in [6.07, 6.45) is 3.10. The maximum Gasteiger partial charge on any atom is 0.189 e. The average Bonchev–Trinajstić information content (AvgIpc) is 2.41. The van der Waals surface area contributed by atoms with Crippen LogP contribution in [0.5, 0.6) is 5.75 Å². The van der Waals surface area contributed by atoms with Gasteiger partial charge in [-0.05, 0) is 35.9 Å². The lowest BCUT2D eigenvalue weighted by atomic mass is 10.1. The highest BCUT2D eigenvalue weighted by molar-refractivity contribution is 9.10. The fourth-order valence-electron chi connectivity index (χ4n) is 1.55. The van der Waals surface area contributed by atoms with E-state index < -0.39 is 0 Å². The summed E-state index contributed by atoms with van der Waals surface area (Å²) in [6.45, 7) is 0. The minimum atomic E-state index is -0.289. The number of benzene rings is 2. The van der Waals surface area contributed by atoms with Crippen LogP contribution in [0, 0.1) is 0 Å². The van der Waals surface area contributed by atoms with Crippen LogP contribution in [0.3, 0.4) is 0 Å². The van der Waals surface area contributed by atoms with Gasteiger partial charge in [0.1, 0.15) is 5.75 Å². The number of rotatable bonds is 3. The highest BCUT2D eigenvalue weighted by atomic mass is 79.9. The number of ketones is 1. The van der Waals surface area contributed by atoms with E-state index in [0.717, 1.165) is 10.0 Å². The molecule has 0 saturated carbocycles. The first-order chi connectivity index (χ1) is 9.08. The van der Waals surface area contributed by atoms with Crippen molar-refractivity contribution >= 4 is 39.4 Å². The monoisotopic (exact) mass is 336 g/mol. The zero-order chi connectivity index (χ0) is 13.8. The van der Waals surface area contributed by atoms with Crippen molar-refractivity contribution in [2.24, 2.45) is 0 Å². The van der Waals surface area contributed by atoms with Crippen molar-refractivity contribution in [1.29, 1.82) is 0 Å². The van der Waals surface area contributed by atoms with Gasteiger partial charge in [-0.1, -0.05) is 51.8 Å². The Kier molecular flexibility index (Phi) is 4.40. The molecule has 4 heteroatoms. The van der Waals surface area contributed by atoms with Crippen LogP contribution in [-0.2, 0) is 0 Å². The Bertz CT molecular complexity index is 633. The molecule has 0 aliphatic rings. The van der Waals surface area contributed by atoms with Crippen LogP contribution in [0.15, 0.2) is 53.0 Å². The van der Waals surface area contributed by atoms with Crippen molar-refractivity contribution in [3.05, 3.63) is 69.2 Å². The summed E-state index contributed by atoms with van der Waals surface area (Å²) in [5, 5.41) is 9.88. The third-order valence-corrected chi connectivity index (χ3v) is 3.38. The van der Waals surface area contributed by atoms with Gasteiger partial charge in [0.15, 0.2) is 5.78 Å². The predicted molar refractivity (Wildman–Crippen MR) is 80.6 cm³/mol. The molecule has 0 heterocycles. The molecule has 0 unspecified atom stereocenters. The zero-order valence-electron chi connectivity index (χ0n) is 9.81. The van der Waals surface area contributed by atoms with Crippen LogP contribution in [0.4, 0.5) is 0 Å². The number of hydrogen-bond donors (Lipinski definition) is 1. The lowest BCUT2D eigenvalue weighted by Crippen LogP contribution is -1.94. The maximum atomic E-state index is 11.9. The largest absolute Gasteiger partial charge is 0.506 e. The molecule has 2 aromatic rings. The van der Waals surface area contributed by atoms with Crippen LogP contribution < -0.4 is 0 Å². The maximum absolute atomic E-state index is 11.9. The molecule has 0 bridgehead atoms. The van der Waals surface area contributed by atoms with Crippen LogP contribution in [-0.4, -0.2) is 10.9 Å². The molecule has 0 radical (unpaired) electrons. The van der Waals surface area contributed by atoms with Crippen molar-refractivity contribution < 1.29 is 9.90 Å². The number of hydrogen-bond acceptors (Lipinski definition) is 2. The third-order valence-electron chi connectivity index (χ3n) is 2.55. The summed E-state index contributed by atoms with van der Waals surface area (Å²) in [5.74, 6) is -0.474. The number of phenolic OH excluding ortho intramolecular Hbond substituents is 1. The van der Waals surface area contributed by atoms with E-state index in [2.05, 4.69) is 15.9 Å². The van der Waals surface area contributed by atoms with Gasteiger partial charge < -0.3 is 5.11 Å². The summed E-state index contributed by atoms with van der Waals surface area (Å²) in [4.78, 5) is 11.9. The van der Waals surface area contributed by atoms with Gasteiger partial charge in [0.25, 0.3) is 0 Å². The first-order valence-electron chi connectivity index (χ1n) is 5.53. The fourth-order valence-corrected chi connectivity index (χ4v) is 1.99. The van der Waals surface area contributed by atoms with Crippen LogP contribution >= 0.6 is 27.5 Å². The summed E-state index contributed by atoms with van der Waals surface area (Å²) in [6, 6.07) is 12.2. The molecule has 0 amide bonds. The summed E-state index contributed by atoms with van der Waals surface area (Å²) in [5.41, 5.74) is 1.10. The number of phenols is 1. The average molecular weight is 338 g/mol. The quantitative estimate of drug-likeness (QED) is 0.651. The molecule has 0 aromatic heterocycles. The molecule has 2 nitrogen and oxygen atoms in total. The molecule has 96 valence electrons. The molecule has 0 aliphatic heterocycles. The highest BCUT2D eigenvalue weighted by Crippen LogP contribution is 2.27. The van der Waals surface area contributed by atoms with Gasteiger partial charge in [-0.3, -0.25) is 4.79 Å². The number of para-hydroxylation sites is 1. The Morgan fingerprint density at radius 2 is 1.84 bits per heavy atom. The van der Waals surface area contributed by atoms with Gasteiger partial charge in [0, 0.05) is 4.47 Å². The van der Waals surface area contributed by atoms with Gasteiger partial charge in [-0.25, -0.2) is 0 Å². The van der Waals surface area contributed by atoms with E-state index in [-0.39, 0.29) is 22.1 Å². The third kappa shape index (κ3) is 3.46. The normalized spacial score (nSPS) is 10.8. The van der Waals surface area contributed by atoms with Crippen LogP contribution in [0.2, 0.25) is 5.02 Å². The standard InChI is InChI=1S/C15H10BrClO2/c16-11-7-4-10(5-8-11)6-9-14(18)12-2-1-3-13(17)15(12)19/h1-9,19H/b9-6+. The van der Waals surface area contributed by atoms with Gasteiger partial charge in [0.2, 0.25) is 0 Å². The number of carbonyl (C=O) groups is 1. The number of carbonyl (C=O) groups excluding carboxylic acids is 1. The molecular formula is C15H10BrClO2. The van der Waals surface area contributed by atoms with Crippen molar-refractivity contribution in [3.63, 3.8) is 0 Å². The number of halogens is 2. The SMILES string of the molecule is O=C(/C=C/c1ccc(Br)cc1)c1cccc(Cl)c1O. The fraction of sp³-hybridized carbons (Fsp3) is 0. The Morgan fingerprint density at radius 1 is 1.16 bits per heavy atom. The van der Waals surface area contributed by atoms with Crippen molar-refractivity contribution in [3.8, 4) is 5.75 Å². The van der Waals surface area contributed by atoms with Gasteiger partial charge in [-0.15, -0.1) is 0 Å². The Labute approximate surface area is 124 Å². The summed E-state index contributed by atoms with van der Waals surface area (Å²) >= 11 is 9.10. The molecule has 0 spiro atoms. The van der Waals surface area contributed by atoms with E-state index in [1.54, 1.807) is 12.1 Å². The minimum absolute atomic E-state index is 0.169. The van der Waals surface area contributed by atoms with Crippen molar-refractivity contribution in [2.45, 2.75) is 0 Å². The molecule has 2 aromatic carbocycles. The number of allylic oxidation sites excluding steroid dienone is 1. The smallest absolute Gasteiger partial charge is 0.189 e. The molecule has 0 aliphatic carbocycles. The first-order valence-corrected chi connectivity index (χ1v) is 6.70. The molecule has 1 N–H and O–H groups in total. The predicted octanol–water partition coefficient (Wildman–Crippen LogP) is 4.70. The van der Waals surface area contributed by atoms with Crippen LogP contribution in [0.1, 0.15) is 15.9 Å². The lowest BCUT2D eigenvalue weighted by Gasteiger charge is -2.01. The number of aromatic hydroxyl groups is 1. The van der Waals surface area contributed by atoms with Crippen LogP contribution in [0.25, 0.3) is 6.08 Å². The van der Waals surface area contributed by atoms with Gasteiger partial charge in [-0.2, -0.15) is 0 Å². The topological polar surface area (TPSA) is 37.3 Å². The molecule has 2 rings (SSSR count). The molecule has 0 fully saturated rings. The van der Waals surface area contributed by atoms with E-state index in [0.29, 0.717) is 0 Å². The zero-order valence-corrected chi connectivity index (χ0v) is 12.1. The van der Waals surface area contributed by atoms with Gasteiger partial charge in [0.05, 0.1) is 10.6 Å².